The van der Waals surface area contributed by atoms with Gasteiger partial charge in [0.2, 0.25) is 5.91 Å². The monoisotopic (exact) mass is 415 g/mol. The Hall–Kier alpha value is -2.90. The Balaban J connectivity index is 1.69. The molecule has 1 unspecified atom stereocenters. The van der Waals surface area contributed by atoms with Crippen LogP contribution in [0.4, 0.5) is 17.1 Å². The molecule has 0 aliphatic carbocycles. The lowest BCUT2D eigenvalue weighted by Crippen LogP contribution is -3.11. The number of rotatable bonds is 5. The molecule has 8 heteroatoms. The summed E-state index contributed by atoms with van der Waals surface area (Å²) < 4.78 is 0. The van der Waals surface area contributed by atoms with Crippen molar-refractivity contribution < 1.29 is 19.3 Å². The Bertz CT molecular complexity index is 960. The third-order valence-corrected chi connectivity index (χ3v) is 5.15. The molecule has 0 aromatic heterocycles. The van der Waals surface area contributed by atoms with Crippen molar-refractivity contribution >= 4 is 46.4 Å². The average molecular weight is 416 g/mol. The summed E-state index contributed by atoms with van der Waals surface area (Å²) in [6.45, 7) is 3.55. The van der Waals surface area contributed by atoms with Gasteiger partial charge in [0.25, 0.3) is 11.8 Å². The number of amides is 3. The van der Waals surface area contributed by atoms with Crippen LogP contribution in [0.1, 0.15) is 13.8 Å². The molecule has 3 rings (SSSR count). The first-order valence-corrected chi connectivity index (χ1v) is 9.67. The van der Waals surface area contributed by atoms with Gasteiger partial charge < -0.3 is 15.5 Å². The van der Waals surface area contributed by atoms with Gasteiger partial charge in [-0.05, 0) is 38.1 Å². The quantitative estimate of drug-likeness (QED) is 0.693. The molecular formula is C21H24ClN4O3+. The van der Waals surface area contributed by atoms with Crippen molar-refractivity contribution in [3.63, 3.8) is 0 Å². The van der Waals surface area contributed by atoms with Crippen LogP contribution in [0.2, 0.25) is 5.02 Å². The molecular weight excluding hydrogens is 392 g/mol. The van der Waals surface area contributed by atoms with E-state index in [1.54, 1.807) is 63.4 Å². The number of fused-ring (bicyclic) bond motifs is 1. The first-order valence-electron chi connectivity index (χ1n) is 9.29. The smallest absolute Gasteiger partial charge is 0.283 e. The zero-order chi connectivity index (χ0) is 21.2. The fourth-order valence-corrected chi connectivity index (χ4v) is 3.51. The third-order valence-electron chi connectivity index (χ3n) is 4.82. The van der Waals surface area contributed by atoms with Gasteiger partial charge in [-0.3, -0.25) is 19.3 Å². The second-order valence-corrected chi connectivity index (χ2v) is 8.01. The second-order valence-electron chi connectivity index (χ2n) is 7.60. The molecule has 2 aromatic rings. The predicted molar refractivity (Wildman–Crippen MR) is 113 cm³/mol. The fraction of sp³-hybridized carbons (Fsp3) is 0.286. The van der Waals surface area contributed by atoms with E-state index in [9.17, 15) is 14.4 Å². The first-order chi connectivity index (χ1) is 13.7. The number of nitrogens with one attached hydrogen (secondary N) is 3. The maximum absolute atomic E-state index is 13.1. The lowest BCUT2D eigenvalue weighted by Gasteiger charge is -2.42. The highest BCUT2D eigenvalue weighted by atomic mass is 35.5. The van der Waals surface area contributed by atoms with Gasteiger partial charge in [-0.15, -0.1) is 0 Å². The SMILES string of the molecule is C[NH+](CC(=O)Nc1ccccc1Cl)CC(=O)N1c2ccccc2NC(=O)C1(C)C. The molecule has 0 radical (unpaired) electrons. The summed E-state index contributed by atoms with van der Waals surface area (Å²) in [5.74, 6) is -0.738. The van der Waals surface area contributed by atoms with Gasteiger partial charge >= 0.3 is 0 Å². The zero-order valence-corrected chi connectivity index (χ0v) is 17.3. The van der Waals surface area contributed by atoms with E-state index in [1.807, 2.05) is 6.07 Å². The Morgan fingerprint density at radius 3 is 2.48 bits per heavy atom. The minimum absolute atomic E-state index is 0.0565. The molecule has 2 aromatic carbocycles. The second kappa shape index (κ2) is 8.23. The minimum Gasteiger partial charge on any atom is -0.322 e. The van der Waals surface area contributed by atoms with E-state index in [0.29, 0.717) is 27.0 Å². The molecule has 1 atom stereocenters. The van der Waals surface area contributed by atoms with Crippen molar-refractivity contribution in [2.45, 2.75) is 19.4 Å². The fourth-order valence-electron chi connectivity index (χ4n) is 3.33. The van der Waals surface area contributed by atoms with Crippen LogP contribution in [0, 0.1) is 0 Å². The summed E-state index contributed by atoms with van der Waals surface area (Å²) in [6, 6.07) is 14.1. The van der Waals surface area contributed by atoms with Gasteiger partial charge in [-0.25, -0.2) is 0 Å². The van der Waals surface area contributed by atoms with E-state index in [-0.39, 0.29) is 30.8 Å². The molecule has 0 saturated carbocycles. The highest BCUT2D eigenvalue weighted by Crippen LogP contribution is 2.36. The van der Waals surface area contributed by atoms with E-state index >= 15 is 0 Å². The number of benzene rings is 2. The summed E-state index contributed by atoms with van der Waals surface area (Å²) in [5, 5.41) is 6.04. The van der Waals surface area contributed by atoms with Gasteiger partial charge in [0.15, 0.2) is 13.1 Å². The number of quaternary nitrogens is 1. The van der Waals surface area contributed by atoms with Crippen LogP contribution in [0.3, 0.4) is 0 Å². The number of carbonyl (C=O) groups excluding carboxylic acids is 3. The van der Waals surface area contributed by atoms with Crippen molar-refractivity contribution in [3.8, 4) is 0 Å². The van der Waals surface area contributed by atoms with Gasteiger partial charge in [0, 0.05) is 0 Å². The Morgan fingerprint density at radius 1 is 1.10 bits per heavy atom. The number of hydrogen-bond donors (Lipinski definition) is 3. The highest BCUT2D eigenvalue weighted by Gasteiger charge is 2.44. The number of para-hydroxylation sites is 3. The molecule has 0 saturated heterocycles. The number of carbonyl (C=O) groups is 3. The predicted octanol–water partition coefficient (Wildman–Crippen LogP) is 1.56. The minimum atomic E-state index is -1.04. The molecule has 0 fully saturated rings. The number of anilines is 3. The van der Waals surface area contributed by atoms with Gasteiger partial charge in [0.05, 0.1) is 29.1 Å². The standard InChI is InChI=1S/C21H23ClN4O3/c1-21(2)20(29)24-16-10-6-7-11-17(16)26(21)19(28)13-25(3)12-18(27)23-15-9-5-4-8-14(15)22/h4-11H,12-13H2,1-3H3,(H,23,27)(H,24,29)/p+1. The van der Waals surface area contributed by atoms with Gasteiger partial charge in [-0.1, -0.05) is 35.9 Å². The van der Waals surface area contributed by atoms with Crippen molar-refractivity contribution in [3.05, 3.63) is 53.6 Å². The lowest BCUT2D eigenvalue weighted by atomic mass is 9.96. The first kappa shape index (κ1) is 20.8. The van der Waals surface area contributed by atoms with E-state index < -0.39 is 5.54 Å². The summed E-state index contributed by atoms with van der Waals surface area (Å²) in [7, 11) is 1.76. The van der Waals surface area contributed by atoms with Crippen molar-refractivity contribution in [2.75, 3.05) is 35.7 Å². The summed E-state index contributed by atoms with van der Waals surface area (Å²) >= 11 is 6.06. The number of nitrogens with zero attached hydrogens (tertiary/aromatic N) is 1. The van der Waals surface area contributed by atoms with Gasteiger partial charge in [0.1, 0.15) is 5.54 Å². The number of hydrogen-bond acceptors (Lipinski definition) is 3. The topological polar surface area (TPSA) is 82.9 Å². The van der Waals surface area contributed by atoms with Crippen LogP contribution >= 0.6 is 11.6 Å². The largest absolute Gasteiger partial charge is 0.322 e. The Kier molecular flexibility index (Phi) is 5.91. The van der Waals surface area contributed by atoms with E-state index in [0.717, 1.165) is 0 Å². The maximum atomic E-state index is 13.1. The molecule has 3 amide bonds. The van der Waals surface area contributed by atoms with Crippen LogP contribution in [0.15, 0.2) is 48.5 Å². The van der Waals surface area contributed by atoms with Gasteiger partial charge in [-0.2, -0.15) is 0 Å². The van der Waals surface area contributed by atoms with Crippen LogP contribution in [-0.4, -0.2) is 43.4 Å². The maximum Gasteiger partial charge on any atom is 0.283 e. The Morgan fingerprint density at radius 2 is 1.76 bits per heavy atom. The molecule has 152 valence electrons. The van der Waals surface area contributed by atoms with E-state index in [1.165, 1.54) is 4.90 Å². The third kappa shape index (κ3) is 4.41. The zero-order valence-electron chi connectivity index (χ0n) is 16.6. The average Bonchev–Trinajstić information content (AvgIpc) is 2.64. The van der Waals surface area contributed by atoms with Crippen LogP contribution in [0.25, 0.3) is 0 Å². The molecule has 1 heterocycles. The highest BCUT2D eigenvalue weighted by molar-refractivity contribution is 6.33. The Labute approximate surface area is 174 Å². The summed E-state index contributed by atoms with van der Waals surface area (Å²) in [5.41, 5.74) is 0.738. The molecule has 29 heavy (non-hydrogen) atoms. The molecule has 0 bridgehead atoms. The van der Waals surface area contributed by atoms with Crippen LogP contribution in [0.5, 0.6) is 0 Å². The van der Waals surface area contributed by atoms with E-state index in [4.69, 9.17) is 11.6 Å². The molecule has 0 spiro atoms. The number of halogens is 1. The van der Waals surface area contributed by atoms with Crippen molar-refractivity contribution in [1.29, 1.82) is 0 Å². The van der Waals surface area contributed by atoms with Crippen LogP contribution < -0.4 is 20.4 Å². The normalized spacial score (nSPS) is 15.9. The summed E-state index contributed by atoms with van der Waals surface area (Å²) in [4.78, 5) is 40.1. The summed E-state index contributed by atoms with van der Waals surface area (Å²) in [6.07, 6.45) is 0. The van der Waals surface area contributed by atoms with Crippen molar-refractivity contribution in [2.24, 2.45) is 0 Å². The molecule has 3 N–H and O–H groups in total. The molecule has 1 aliphatic rings. The molecule has 7 nitrogen and oxygen atoms in total. The van der Waals surface area contributed by atoms with E-state index in [2.05, 4.69) is 10.6 Å². The van der Waals surface area contributed by atoms with Crippen molar-refractivity contribution in [1.82, 2.24) is 0 Å². The number of likely N-dealkylation sites (N-methyl/N-ethyl adjacent to an activating group) is 1. The lowest BCUT2D eigenvalue weighted by molar-refractivity contribution is -0.862. The van der Waals surface area contributed by atoms with Crippen LogP contribution in [-0.2, 0) is 14.4 Å². The molecule has 1 aliphatic heterocycles.